The highest BCUT2D eigenvalue weighted by molar-refractivity contribution is 5.76. The largest absolute Gasteiger partial charge is 0.454 e. The molecule has 9 heteroatoms. The molecule has 1 amide bonds. The zero-order valence-electron chi connectivity index (χ0n) is 15.7. The van der Waals surface area contributed by atoms with Gasteiger partial charge in [-0.3, -0.25) is 4.79 Å². The highest BCUT2D eigenvalue weighted by atomic mass is 16.7. The van der Waals surface area contributed by atoms with Gasteiger partial charge in [-0.25, -0.2) is 0 Å². The summed E-state index contributed by atoms with van der Waals surface area (Å²) >= 11 is 0. The minimum absolute atomic E-state index is 0.0894. The molecule has 150 valence electrons. The molecule has 3 aromatic rings. The van der Waals surface area contributed by atoms with Crippen molar-refractivity contribution in [2.75, 3.05) is 19.9 Å². The van der Waals surface area contributed by atoms with E-state index in [9.17, 15) is 4.79 Å². The van der Waals surface area contributed by atoms with Crippen LogP contribution >= 0.6 is 0 Å². The van der Waals surface area contributed by atoms with E-state index in [2.05, 4.69) is 15.5 Å². The number of nitrogens with zero attached hydrogens (tertiary/aromatic N) is 3. The predicted molar refractivity (Wildman–Crippen MR) is 101 cm³/mol. The molecule has 0 aliphatic carbocycles. The van der Waals surface area contributed by atoms with Crippen molar-refractivity contribution in [1.82, 2.24) is 20.0 Å². The average molecular weight is 396 g/mol. The summed E-state index contributed by atoms with van der Waals surface area (Å²) in [6.45, 7) is 1.67. The van der Waals surface area contributed by atoms with E-state index in [1.54, 1.807) is 4.57 Å². The van der Waals surface area contributed by atoms with Crippen molar-refractivity contribution in [3.8, 4) is 34.5 Å². The lowest BCUT2D eigenvalue weighted by Crippen LogP contribution is -2.34. The first-order valence-electron chi connectivity index (χ1n) is 9.54. The van der Waals surface area contributed by atoms with Gasteiger partial charge in [-0.1, -0.05) is 5.16 Å². The Labute approximate surface area is 166 Å². The smallest absolute Gasteiger partial charge is 0.274 e. The molecule has 1 atom stereocenters. The lowest BCUT2D eigenvalue weighted by molar-refractivity contribution is -0.122. The highest BCUT2D eigenvalue weighted by Gasteiger charge is 2.20. The normalized spacial score (nSPS) is 17.6. The minimum atomic E-state index is -0.0894. The van der Waals surface area contributed by atoms with Gasteiger partial charge in [0.25, 0.3) is 5.89 Å². The van der Waals surface area contributed by atoms with Crippen molar-refractivity contribution < 1.29 is 23.5 Å². The second-order valence-corrected chi connectivity index (χ2v) is 6.95. The summed E-state index contributed by atoms with van der Waals surface area (Å²) in [5.74, 6) is 2.04. The Kier molecular flexibility index (Phi) is 4.65. The number of ether oxygens (including phenoxy) is 3. The first kappa shape index (κ1) is 17.7. The molecule has 2 aromatic heterocycles. The summed E-state index contributed by atoms with van der Waals surface area (Å²) in [5.41, 5.74) is 1.44. The molecule has 5 rings (SSSR count). The molecule has 1 saturated heterocycles. The number of nitrogens with one attached hydrogen (secondary N) is 1. The standard InChI is InChI=1S/C20H20N4O5/c25-18(21-10-14-3-2-8-26-14)11-24-7-1-4-15(24)20-22-19(23-29-20)13-5-6-16-17(9-13)28-12-27-16/h1,4-7,9,14H,2-3,8,10-12H2,(H,21,25)/t14-/m0/s1. The topological polar surface area (TPSA) is 101 Å². The molecule has 0 spiro atoms. The van der Waals surface area contributed by atoms with Gasteiger partial charge in [0.15, 0.2) is 11.5 Å². The molecule has 0 saturated carbocycles. The summed E-state index contributed by atoms with van der Waals surface area (Å²) in [4.78, 5) is 16.8. The number of aromatic nitrogens is 3. The van der Waals surface area contributed by atoms with E-state index in [1.165, 1.54) is 0 Å². The fraction of sp³-hybridized carbons (Fsp3) is 0.350. The Morgan fingerprint density at radius 3 is 3.07 bits per heavy atom. The molecule has 1 fully saturated rings. The molecule has 29 heavy (non-hydrogen) atoms. The van der Waals surface area contributed by atoms with Crippen LogP contribution in [0.15, 0.2) is 41.1 Å². The number of carbonyl (C=O) groups is 1. The van der Waals surface area contributed by atoms with Crippen LogP contribution in [0.5, 0.6) is 11.5 Å². The maximum absolute atomic E-state index is 12.3. The van der Waals surface area contributed by atoms with Crippen LogP contribution in [0.2, 0.25) is 0 Å². The maximum Gasteiger partial charge on any atom is 0.274 e. The fourth-order valence-corrected chi connectivity index (χ4v) is 3.47. The Bertz CT molecular complexity index is 1020. The molecule has 0 radical (unpaired) electrons. The SMILES string of the molecule is O=C(Cn1cccc1-c1nc(-c2ccc3c(c2)OCO3)no1)NC[C@@H]1CCCO1. The number of fused-ring (bicyclic) bond motifs is 1. The predicted octanol–water partition coefficient (Wildman–Crippen LogP) is 2.23. The van der Waals surface area contributed by atoms with Crippen molar-refractivity contribution >= 4 is 5.91 Å². The first-order valence-corrected chi connectivity index (χ1v) is 9.54. The molecule has 0 unspecified atom stereocenters. The lowest BCUT2D eigenvalue weighted by Gasteiger charge is -2.11. The van der Waals surface area contributed by atoms with Gasteiger partial charge in [-0.05, 0) is 43.2 Å². The van der Waals surface area contributed by atoms with Gasteiger partial charge in [0.1, 0.15) is 12.2 Å². The Hall–Kier alpha value is -3.33. The second-order valence-electron chi connectivity index (χ2n) is 6.95. The number of carbonyl (C=O) groups excluding carboxylic acids is 1. The minimum Gasteiger partial charge on any atom is -0.454 e. The van der Waals surface area contributed by atoms with Gasteiger partial charge < -0.3 is 28.6 Å². The number of benzene rings is 1. The van der Waals surface area contributed by atoms with Crippen molar-refractivity contribution in [2.24, 2.45) is 0 Å². The van der Waals surface area contributed by atoms with Crippen molar-refractivity contribution in [3.05, 3.63) is 36.5 Å². The summed E-state index contributed by atoms with van der Waals surface area (Å²) in [6.07, 6.45) is 3.96. The zero-order chi connectivity index (χ0) is 19.6. The lowest BCUT2D eigenvalue weighted by atomic mass is 10.2. The first-order chi connectivity index (χ1) is 14.3. The van der Waals surface area contributed by atoms with Gasteiger partial charge in [0, 0.05) is 24.9 Å². The van der Waals surface area contributed by atoms with Crippen LogP contribution < -0.4 is 14.8 Å². The van der Waals surface area contributed by atoms with Crippen molar-refractivity contribution in [3.63, 3.8) is 0 Å². The summed E-state index contributed by atoms with van der Waals surface area (Å²) in [6, 6.07) is 9.15. The molecule has 2 aliphatic rings. The molecule has 1 aromatic carbocycles. The van der Waals surface area contributed by atoms with Gasteiger partial charge >= 0.3 is 0 Å². The maximum atomic E-state index is 12.3. The molecule has 2 aliphatic heterocycles. The molecule has 4 heterocycles. The monoisotopic (exact) mass is 396 g/mol. The second kappa shape index (κ2) is 7.59. The summed E-state index contributed by atoms with van der Waals surface area (Å²) in [7, 11) is 0. The van der Waals surface area contributed by atoms with Crippen LogP contribution in [-0.2, 0) is 16.1 Å². The quantitative estimate of drug-likeness (QED) is 0.682. The summed E-state index contributed by atoms with van der Waals surface area (Å²) < 4.78 is 23.5. The number of rotatable bonds is 6. The van der Waals surface area contributed by atoms with Crippen LogP contribution in [0.4, 0.5) is 0 Å². The van der Waals surface area contributed by atoms with E-state index in [4.69, 9.17) is 18.7 Å². The average Bonchev–Trinajstić information content (AvgIpc) is 3.53. The number of hydrogen-bond acceptors (Lipinski definition) is 7. The third-order valence-corrected chi connectivity index (χ3v) is 4.97. The van der Waals surface area contributed by atoms with Gasteiger partial charge in [0.05, 0.1) is 6.10 Å². The molecule has 9 nitrogen and oxygen atoms in total. The van der Waals surface area contributed by atoms with Crippen LogP contribution in [0.25, 0.3) is 23.0 Å². The van der Waals surface area contributed by atoms with Crippen molar-refractivity contribution in [1.29, 1.82) is 0 Å². The Morgan fingerprint density at radius 1 is 1.24 bits per heavy atom. The van der Waals surface area contributed by atoms with E-state index < -0.39 is 0 Å². The van der Waals surface area contributed by atoms with E-state index in [-0.39, 0.29) is 25.3 Å². The molecule has 0 bridgehead atoms. The Morgan fingerprint density at radius 2 is 2.17 bits per heavy atom. The Balaban J connectivity index is 1.28. The third kappa shape index (κ3) is 3.68. The van der Waals surface area contributed by atoms with E-state index >= 15 is 0 Å². The van der Waals surface area contributed by atoms with Gasteiger partial charge in [-0.2, -0.15) is 4.98 Å². The number of hydrogen-bond donors (Lipinski definition) is 1. The highest BCUT2D eigenvalue weighted by Crippen LogP contribution is 2.35. The van der Waals surface area contributed by atoms with Crippen LogP contribution in [-0.4, -0.2) is 46.7 Å². The summed E-state index contributed by atoms with van der Waals surface area (Å²) in [5, 5.41) is 6.98. The van der Waals surface area contributed by atoms with E-state index in [0.29, 0.717) is 35.5 Å². The molecular weight excluding hydrogens is 376 g/mol. The van der Waals surface area contributed by atoms with Crippen LogP contribution in [0.1, 0.15) is 12.8 Å². The third-order valence-electron chi connectivity index (χ3n) is 4.97. The van der Waals surface area contributed by atoms with Gasteiger partial charge in [-0.15, -0.1) is 0 Å². The number of amides is 1. The molecule has 1 N–H and O–H groups in total. The zero-order valence-corrected chi connectivity index (χ0v) is 15.7. The van der Waals surface area contributed by atoms with E-state index in [1.807, 2.05) is 36.5 Å². The molecular formula is C20H20N4O5. The van der Waals surface area contributed by atoms with Crippen LogP contribution in [0.3, 0.4) is 0 Å². The van der Waals surface area contributed by atoms with Gasteiger partial charge in [0.2, 0.25) is 18.5 Å². The van der Waals surface area contributed by atoms with E-state index in [0.717, 1.165) is 25.0 Å². The van der Waals surface area contributed by atoms with Crippen molar-refractivity contribution in [2.45, 2.75) is 25.5 Å². The van der Waals surface area contributed by atoms with Crippen LogP contribution in [0, 0.1) is 0 Å². The fourth-order valence-electron chi connectivity index (χ4n) is 3.47.